The van der Waals surface area contributed by atoms with E-state index in [1.54, 1.807) is 70.9 Å². The first-order valence-electron chi connectivity index (χ1n) is 30.0. The van der Waals surface area contributed by atoms with Gasteiger partial charge in [0, 0.05) is 65.5 Å². The van der Waals surface area contributed by atoms with E-state index in [4.69, 9.17) is 40.2 Å². The van der Waals surface area contributed by atoms with Gasteiger partial charge in [0.1, 0.15) is 88.3 Å². The molecular formula is C62H69N13O13S6. The van der Waals surface area contributed by atoms with Crippen molar-refractivity contribution in [1.82, 2.24) is 56.2 Å². The van der Waals surface area contributed by atoms with Crippen LogP contribution in [0.3, 0.4) is 0 Å². The molecule has 0 bridgehead atoms. The number of aldehydes is 1. The minimum Gasteiger partial charge on any atom is -0.481 e. The molecule has 8 aromatic rings. The Morgan fingerprint density at radius 2 is 1.44 bits per heavy atom. The summed E-state index contributed by atoms with van der Waals surface area (Å²) in [6.45, 7) is 5.20. The molecule has 0 saturated heterocycles. The molecule has 0 radical (unpaired) electrons. The highest BCUT2D eigenvalue weighted by Crippen LogP contribution is 2.40. The minimum absolute atomic E-state index is 0.00178. The molecule has 26 nitrogen and oxygen atoms in total. The fourth-order valence-corrected chi connectivity index (χ4v) is 15.6. The number of nitrogens with two attached hydrogens (primary N) is 1. The normalized spacial score (nSPS) is 15.1. The maximum atomic E-state index is 14.0. The lowest BCUT2D eigenvalue weighted by molar-refractivity contribution is -0.143. The van der Waals surface area contributed by atoms with Crippen molar-refractivity contribution in [3.8, 4) is 43.4 Å². The number of amides is 5. The smallest absolute Gasteiger partial charge is 0.415 e. The van der Waals surface area contributed by atoms with Crippen molar-refractivity contribution in [3.05, 3.63) is 111 Å². The number of unbranched alkanes of at least 4 members (excludes halogenated alkanes) is 3. The van der Waals surface area contributed by atoms with Crippen LogP contribution in [0.5, 0.6) is 0 Å². The highest BCUT2D eigenvalue weighted by molar-refractivity contribution is 7.15. The third kappa shape index (κ3) is 17.8. The van der Waals surface area contributed by atoms with E-state index in [0.717, 1.165) is 0 Å². The van der Waals surface area contributed by atoms with E-state index in [-0.39, 0.29) is 54.9 Å². The van der Waals surface area contributed by atoms with Gasteiger partial charge in [0.2, 0.25) is 11.8 Å². The Bertz CT molecular complexity index is 3990. The Kier molecular flexibility index (Phi) is 24.4. The number of anilines is 1. The zero-order chi connectivity index (χ0) is 67.2. The monoisotopic (exact) mass is 1400 g/mol. The molecule has 1 aliphatic carbocycles. The quantitative estimate of drug-likeness (QED) is 0.0148. The number of aryl methyl sites for hydroxylation is 1. The number of nitrogens with zero attached hydrogens (tertiary/aromatic N) is 8. The molecule has 9 rings (SSSR count). The Morgan fingerprint density at radius 3 is 2.14 bits per heavy atom. The summed E-state index contributed by atoms with van der Waals surface area (Å²) in [7, 11) is 2.97. The van der Waals surface area contributed by atoms with Gasteiger partial charge >= 0.3 is 18.0 Å². The lowest BCUT2D eigenvalue weighted by atomic mass is 9.87. The molecule has 1 saturated carbocycles. The molecule has 7 aromatic heterocycles. The van der Waals surface area contributed by atoms with Crippen molar-refractivity contribution in [3.63, 3.8) is 0 Å². The molecule has 0 spiro atoms. The number of pyridine rings is 1. The summed E-state index contributed by atoms with van der Waals surface area (Å²) >= 11 is 7.32. The lowest BCUT2D eigenvalue weighted by Gasteiger charge is -2.28. The van der Waals surface area contributed by atoms with Gasteiger partial charge in [0.25, 0.3) is 11.8 Å². The van der Waals surface area contributed by atoms with E-state index in [1.807, 2.05) is 13.8 Å². The van der Waals surface area contributed by atoms with Crippen LogP contribution in [0.1, 0.15) is 164 Å². The van der Waals surface area contributed by atoms with Crippen LogP contribution in [0.4, 0.5) is 10.6 Å². The topological polar surface area (TPSA) is 383 Å². The maximum Gasteiger partial charge on any atom is 0.415 e. The van der Waals surface area contributed by atoms with Crippen molar-refractivity contribution >= 4 is 122 Å². The Balaban J connectivity index is 0.928. The second-order valence-corrected chi connectivity index (χ2v) is 28.1. The molecular weight excluding hydrogens is 1330 g/mol. The molecule has 32 heteroatoms. The van der Waals surface area contributed by atoms with E-state index in [9.17, 15) is 48.6 Å². The molecule has 1 unspecified atom stereocenters. The largest absolute Gasteiger partial charge is 0.481 e. The summed E-state index contributed by atoms with van der Waals surface area (Å²) in [4.78, 5) is 138. The molecule has 1 fully saturated rings. The van der Waals surface area contributed by atoms with Crippen LogP contribution in [0, 0.1) is 18.8 Å². The minimum atomic E-state index is -1.31. The Hall–Kier alpha value is -8.21. The number of carbonyl (C=O) groups excluding carboxylic acids is 6. The van der Waals surface area contributed by atoms with Gasteiger partial charge in [-0.05, 0) is 69.1 Å². The number of aliphatic hydroxyl groups excluding tert-OH is 1. The third-order valence-corrected chi connectivity index (χ3v) is 20.9. The van der Waals surface area contributed by atoms with Crippen molar-refractivity contribution in [2.45, 2.75) is 122 Å². The SMILES string of the molecule is CNC(=O)C[C@H](N)c1nc(C(=O)NC(c2nc(C(=O)NCC(=O)N[C@H](c3nc(-c4nc(-c5nc(-c6nc(N(CCCCCCC(=O)O)C(=O)OC7CCC(C(=O)O)CC7)cs6)ccc5-c5nc(C=O)cs5)cs4)cs3)[C@@H](O)c3ccccc3)c(COC)s2)C(C)C)c(C)s1. The van der Waals surface area contributed by atoms with Crippen molar-refractivity contribution in [1.29, 1.82) is 0 Å². The van der Waals surface area contributed by atoms with Gasteiger partial charge in [0.05, 0.1) is 41.7 Å². The number of hydrogen-bond acceptors (Lipinski definition) is 25. The van der Waals surface area contributed by atoms with Gasteiger partial charge in [-0.1, -0.05) is 57.0 Å². The molecule has 1 aliphatic rings. The van der Waals surface area contributed by atoms with Gasteiger partial charge in [-0.25, -0.2) is 39.7 Å². The summed E-state index contributed by atoms with van der Waals surface area (Å²) in [5.41, 5.74) is 9.33. The fourth-order valence-electron chi connectivity index (χ4n) is 10.2. The van der Waals surface area contributed by atoms with Crippen LogP contribution < -0.4 is 31.9 Å². The third-order valence-electron chi connectivity index (χ3n) is 15.2. The molecule has 5 amide bonds. The molecule has 1 aromatic carbocycles. The number of carboxylic acids is 2. The lowest BCUT2D eigenvalue weighted by Crippen LogP contribution is -2.40. The van der Waals surface area contributed by atoms with Crippen LogP contribution in [0.25, 0.3) is 43.4 Å². The number of benzene rings is 1. The Morgan fingerprint density at radius 1 is 0.723 bits per heavy atom. The first kappa shape index (κ1) is 70.1. The number of nitrogens with one attached hydrogen (secondary N) is 4. The number of methoxy groups -OCH3 is 1. The number of aliphatic carboxylic acids is 2. The van der Waals surface area contributed by atoms with Crippen molar-refractivity contribution in [2.24, 2.45) is 17.6 Å². The number of aromatic nitrogens is 7. The summed E-state index contributed by atoms with van der Waals surface area (Å²) in [5, 5.41) is 51.2. The Labute approximate surface area is 563 Å². The number of aliphatic hydroxyl groups is 1. The molecule has 94 heavy (non-hydrogen) atoms. The zero-order valence-corrected chi connectivity index (χ0v) is 56.6. The maximum absolute atomic E-state index is 14.0. The fraction of sp³-hybridized carbons (Fsp3) is 0.403. The van der Waals surface area contributed by atoms with Crippen molar-refractivity contribution < 1.29 is 63.1 Å². The van der Waals surface area contributed by atoms with Crippen LogP contribution in [0.15, 0.2) is 64.0 Å². The highest BCUT2D eigenvalue weighted by atomic mass is 32.1. The zero-order valence-electron chi connectivity index (χ0n) is 51.7. The second-order valence-electron chi connectivity index (χ2n) is 22.3. The second kappa shape index (κ2) is 32.8. The predicted octanol–water partition coefficient (Wildman–Crippen LogP) is 9.96. The number of thiazole rings is 6. The summed E-state index contributed by atoms with van der Waals surface area (Å²) in [5.74, 6) is -4.25. The summed E-state index contributed by atoms with van der Waals surface area (Å²) in [6, 6.07) is 9.76. The molecule has 4 atom stereocenters. The van der Waals surface area contributed by atoms with Crippen LogP contribution >= 0.6 is 68.0 Å². The van der Waals surface area contributed by atoms with Gasteiger partial charge in [-0.2, -0.15) is 0 Å². The van der Waals surface area contributed by atoms with Gasteiger partial charge in [-0.3, -0.25) is 38.5 Å². The van der Waals surface area contributed by atoms with Crippen LogP contribution in [0.2, 0.25) is 0 Å². The first-order valence-corrected chi connectivity index (χ1v) is 35.1. The number of hydrogen-bond donors (Lipinski definition) is 8. The van der Waals surface area contributed by atoms with E-state index < -0.39 is 78.5 Å². The number of carbonyl (C=O) groups is 8. The average molecular weight is 1400 g/mol. The van der Waals surface area contributed by atoms with E-state index in [0.29, 0.717) is 137 Å². The van der Waals surface area contributed by atoms with Crippen molar-refractivity contribution in [2.75, 3.05) is 32.1 Å². The highest BCUT2D eigenvalue weighted by Gasteiger charge is 2.34. The van der Waals surface area contributed by atoms with E-state index in [1.165, 1.54) is 87.1 Å². The van der Waals surface area contributed by atoms with E-state index >= 15 is 0 Å². The number of carboxylic acid groups (broad SMARTS) is 2. The summed E-state index contributed by atoms with van der Waals surface area (Å²) in [6.07, 6.45) is 2.18. The standard InChI is InChI=1S/C62H69N13O13S6/c1-31(2)47(72-54(83)48-32(3)93-56(73-48)38(63)23-44(77)64-4)60-74-50(42(94-60)26-87-5)53(82)65-24-45(78)71-51(52(81)33-13-9-8-10-14-33)59-69-41(29-91-59)58-68-40(28-90-58)49-37(55-66-35(25-76)27-89-55)20-21-39(67-49)57-70-43(30-92-57)75(22-12-7-6-11-15-46(79)80)62(86)88-36-18-16-34(17-19-36)61(84)85/h8-10,13-14,20-21,25,27-31,34,36,38,47,51-52,81H,6-7,11-12,15-19,22-24,26,63H2,1-5H3,(H,64,77)(H,65,82)(H,71,78)(H,72,83)(H,79,80)(H,84,85)/t34?,36?,38-,47?,51-,52-/m0/s1. The van der Waals surface area contributed by atoms with Crippen LogP contribution in [-0.4, -0.2) is 132 Å². The van der Waals surface area contributed by atoms with Gasteiger partial charge in [-0.15, -0.1) is 68.0 Å². The van der Waals surface area contributed by atoms with Gasteiger partial charge < -0.3 is 51.8 Å². The first-order chi connectivity index (χ1) is 45.2. The van der Waals surface area contributed by atoms with E-state index in [2.05, 4.69) is 36.2 Å². The number of ether oxygens (including phenoxy) is 2. The average Bonchev–Trinajstić information content (AvgIpc) is 1.60. The molecule has 9 N–H and O–H groups in total. The molecule has 496 valence electrons. The van der Waals surface area contributed by atoms with Crippen LogP contribution in [-0.2, 0) is 35.3 Å². The molecule has 7 heterocycles. The summed E-state index contributed by atoms with van der Waals surface area (Å²) < 4.78 is 11.4. The predicted molar refractivity (Wildman–Crippen MR) is 357 cm³/mol. The number of rotatable bonds is 31. The van der Waals surface area contributed by atoms with Gasteiger partial charge in [0.15, 0.2) is 6.29 Å². The molecule has 0 aliphatic heterocycles.